The molecular formula is C15H18N4O. The van der Waals surface area contributed by atoms with Crippen molar-refractivity contribution in [3.05, 3.63) is 53.9 Å². The molecule has 0 radical (unpaired) electrons. The molecule has 0 atom stereocenters. The summed E-state index contributed by atoms with van der Waals surface area (Å²) in [5, 5.41) is 3.21. The first kappa shape index (κ1) is 13.9. The number of carbonyl (C=O) groups excluding carboxylic acids is 1. The molecule has 0 aliphatic heterocycles. The average Bonchev–Trinajstić information content (AvgIpc) is 2.46. The standard InChI is InChI=1S/C15H18N4O/c1-19(2)15(20)11-6-7-14(13(16)9-11)18-10-12-5-3-4-8-17-12/h3-9,18H,10,16H2,1-2H3. The Labute approximate surface area is 118 Å². The van der Waals surface area contributed by atoms with E-state index in [0.717, 1.165) is 11.4 Å². The molecule has 0 saturated heterocycles. The predicted octanol–water partition coefficient (Wildman–Crippen LogP) is 1.98. The number of nitrogens with two attached hydrogens (primary N) is 1. The highest BCUT2D eigenvalue weighted by Crippen LogP contribution is 2.21. The fourth-order valence-corrected chi connectivity index (χ4v) is 1.80. The first-order valence-corrected chi connectivity index (χ1v) is 6.33. The van der Waals surface area contributed by atoms with E-state index in [2.05, 4.69) is 10.3 Å². The van der Waals surface area contributed by atoms with Crippen molar-refractivity contribution in [3.8, 4) is 0 Å². The molecule has 0 saturated carbocycles. The van der Waals surface area contributed by atoms with Crippen molar-refractivity contribution in [1.82, 2.24) is 9.88 Å². The summed E-state index contributed by atoms with van der Waals surface area (Å²) in [7, 11) is 3.43. The molecule has 3 N–H and O–H groups in total. The number of nitrogens with zero attached hydrogens (tertiary/aromatic N) is 2. The number of carbonyl (C=O) groups is 1. The minimum Gasteiger partial charge on any atom is -0.397 e. The molecular weight excluding hydrogens is 252 g/mol. The van der Waals surface area contributed by atoms with Gasteiger partial charge in [-0.25, -0.2) is 0 Å². The van der Waals surface area contributed by atoms with Crippen LogP contribution in [0.5, 0.6) is 0 Å². The van der Waals surface area contributed by atoms with E-state index < -0.39 is 0 Å². The van der Waals surface area contributed by atoms with Crippen LogP contribution in [0.4, 0.5) is 11.4 Å². The number of amides is 1. The van der Waals surface area contributed by atoms with Crippen molar-refractivity contribution in [2.24, 2.45) is 0 Å². The number of nitrogens with one attached hydrogen (secondary N) is 1. The minimum atomic E-state index is -0.0621. The molecule has 5 heteroatoms. The Balaban J connectivity index is 2.08. The van der Waals surface area contributed by atoms with Crippen molar-refractivity contribution < 1.29 is 4.79 Å². The second kappa shape index (κ2) is 6.06. The van der Waals surface area contributed by atoms with Gasteiger partial charge in [0.25, 0.3) is 5.91 Å². The quantitative estimate of drug-likeness (QED) is 0.833. The third kappa shape index (κ3) is 3.26. The van der Waals surface area contributed by atoms with Crippen molar-refractivity contribution in [3.63, 3.8) is 0 Å². The zero-order valence-electron chi connectivity index (χ0n) is 11.6. The highest BCUT2D eigenvalue weighted by molar-refractivity contribution is 5.95. The van der Waals surface area contributed by atoms with E-state index in [4.69, 9.17) is 5.73 Å². The Morgan fingerprint density at radius 1 is 1.30 bits per heavy atom. The number of aromatic nitrogens is 1. The van der Waals surface area contributed by atoms with Crippen molar-refractivity contribution >= 4 is 17.3 Å². The van der Waals surface area contributed by atoms with Crippen LogP contribution in [0.2, 0.25) is 0 Å². The lowest BCUT2D eigenvalue weighted by Gasteiger charge is -2.13. The number of anilines is 2. The van der Waals surface area contributed by atoms with E-state index in [1.165, 1.54) is 4.90 Å². The summed E-state index contributed by atoms with van der Waals surface area (Å²) in [4.78, 5) is 17.6. The number of pyridine rings is 1. The summed E-state index contributed by atoms with van der Waals surface area (Å²) in [6, 6.07) is 11.0. The minimum absolute atomic E-state index is 0.0621. The van der Waals surface area contributed by atoms with Gasteiger partial charge in [-0.3, -0.25) is 9.78 Å². The lowest BCUT2D eigenvalue weighted by atomic mass is 10.1. The molecule has 0 unspecified atom stereocenters. The Kier molecular flexibility index (Phi) is 4.20. The second-order valence-corrected chi connectivity index (χ2v) is 4.68. The van der Waals surface area contributed by atoms with Gasteiger partial charge >= 0.3 is 0 Å². The van der Waals surface area contributed by atoms with E-state index in [0.29, 0.717) is 17.8 Å². The summed E-state index contributed by atoms with van der Waals surface area (Å²) in [6.07, 6.45) is 1.75. The number of rotatable bonds is 4. The molecule has 1 heterocycles. The van der Waals surface area contributed by atoms with Crippen molar-refractivity contribution in [2.75, 3.05) is 25.1 Å². The Morgan fingerprint density at radius 3 is 2.70 bits per heavy atom. The molecule has 2 rings (SSSR count). The van der Waals surface area contributed by atoms with Gasteiger partial charge in [0.1, 0.15) is 0 Å². The van der Waals surface area contributed by atoms with Crippen molar-refractivity contribution in [2.45, 2.75) is 6.54 Å². The van der Waals surface area contributed by atoms with Crippen LogP contribution in [0, 0.1) is 0 Å². The first-order valence-electron chi connectivity index (χ1n) is 6.33. The largest absolute Gasteiger partial charge is 0.397 e. The summed E-state index contributed by atoms with van der Waals surface area (Å²) >= 11 is 0. The molecule has 0 aliphatic carbocycles. The van der Waals surface area contributed by atoms with E-state index in [-0.39, 0.29) is 5.91 Å². The Morgan fingerprint density at radius 2 is 2.10 bits per heavy atom. The van der Waals surface area contributed by atoms with Crippen LogP contribution in [-0.4, -0.2) is 29.9 Å². The van der Waals surface area contributed by atoms with Gasteiger partial charge in [-0.05, 0) is 30.3 Å². The molecule has 0 aliphatic rings. The highest BCUT2D eigenvalue weighted by Gasteiger charge is 2.09. The van der Waals surface area contributed by atoms with Gasteiger partial charge in [0.05, 0.1) is 23.6 Å². The Hall–Kier alpha value is -2.56. The SMILES string of the molecule is CN(C)C(=O)c1ccc(NCc2ccccn2)c(N)c1. The zero-order chi connectivity index (χ0) is 14.5. The van der Waals surface area contributed by atoms with Crippen LogP contribution in [0.25, 0.3) is 0 Å². The number of benzene rings is 1. The molecule has 0 bridgehead atoms. The molecule has 20 heavy (non-hydrogen) atoms. The van der Waals surface area contributed by atoms with Crippen LogP contribution in [-0.2, 0) is 6.54 Å². The van der Waals surface area contributed by atoms with Crippen molar-refractivity contribution in [1.29, 1.82) is 0 Å². The average molecular weight is 270 g/mol. The second-order valence-electron chi connectivity index (χ2n) is 4.68. The van der Waals surface area contributed by atoms with Crippen LogP contribution in [0.3, 0.4) is 0 Å². The maximum Gasteiger partial charge on any atom is 0.253 e. The number of hydrogen-bond donors (Lipinski definition) is 2. The summed E-state index contributed by atoms with van der Waals surface area (Å²) in [5.74, 6) is -0.0621. The number of hydrogen-bond acceptors (Lipinski definition) is 4. The topological polar surface area (TPSA) is 71.2 Å². The smallest absolute Gasteiger partial charge is 0.253 e. The van der Waals surface area contributed by atoms with Crippen LogP contribution in [0.15, 0.2) is 42.6 Å². The predicted molar refractivity (Wildman–Crippen MR) is 80.4 cm³/mol. The molecule has 5 nitrogen and oxygen atoms in total. The molecule has 0 fully saturated rings. The fourth-order valence-electron chi connectivity index (χ4n) is 1.80. The third-order valence-electron chi connectivity index (χ3n) is 2.89. The number of nitrogen functional groups attached to an aromatic ring is 1. The maximum atomic E-state index is 11.8. The lowest BCUT2D eigenvalue weighted by molar-refractivity contribution is 0.0827. The third-order valence-corrected chi connectivity index (χ3v) is 2.89. The molecule has 1 aromatic carbocycles. The molecule has 2 aromatic rings. The summed E-state index contributed by atoms with van der Waals surface area (Å²) in [5.41, 5.74) is 8.83. The summed E-state index contributed by atoms with van der Waals surface area (Å²) < 4.78 is 0. The van der Waals surface area contributed by atoms with E-state index >= 15 is 0 Å². The van der Waals surface area contributed by atoms with Gasteiger partial charge in [-0.1, -0.05) is 6.07 Å². The molecule has 0 spiro atoms. The van der Waals surface area contributed by atoms with Gasteiger partial charge < -0.3 is 16.0 Å². The van der Waals surface area contributed by atoms with E-state index in [1.807, 2.05) is 24.3 Å². The Bertz CT molecular complexity index is 596. The van der Waals surface area contributed by atoms with E-state index in [9.17, 15) is 4.79 Å². The van der Waals surface area contributed by atoms with Gasteiger partial charge in [0.2, 0.25) is 0 Å². The maximum absolute atomic E-state index is 11.8. The normalized spacial score (nSPS) is 10.1. The van der Waals surface area contributed by atoms with Gasteiger partial charge in [0.15, 0.2) is 0 Å². The first-order chi connectivity index (χ1) is 9.58. The molecule has 1 aromatic heterocycles. The van der Waals surface area contributed by atoms with Gasteiger partial charge in [-0.2, -0.15) is 0 Å². The van der Waals surface area contributed by atoms with E-state index in [1.54, 1.807) is 32.4 Å². The van der Waals surface area contributed by atoms with Crippen LogP contribution < -0.4 is 11.1 Å². The van der Waals surface area contributed by atoms with Gasteiger partial charge in [0, 0.05) is 25.9 Å². The monoisotopic (exact) mass is 270 g/mol. The van der Waals surface area contributed by atoms with Crippen LogP contribution >= 0.6 is 0 Å². The summed E-state index contributed by atoms with van der Waals surface area (Å²) in [6.45, 7) is 0.589. The lowest BCUT2D eigenvalue weighted by Crippen LogP contribution is -2.21. The van der Waals surface area contributed by atoms with Crippen LogP contribution in [0.1, 0.15) is 16.1 Å². The fraction of sp³-hybridized carbons (Fsp3) is 0.200. The highest BCUT2D eigenvalue weighted by atomic mass is 16.2. The molecule has 104 valence electrons. The van der Waals surface area contributed by atoms with Gasteiger partial charge in [-0.15, -0.1) is 0 Å². The zero-order valence-corrected chi connectivity index (χ0v) is 11.6. The molecule has 1 amide bonds.